The molecule has 2 aromatic rings. The molecule has 156 valence electrons. The fraction of sp³-hybridized carbons (Fsp3) is 0.333. The van der Waals surface area contributed by atoms with E-state index in [4.69, 9.17) is 0 Å². The first-order valence-corrected chi connectivity index (χ1v) is 10.5. The first-order chi connectivity index (χ1) is 13.4. The molecular weight excluding hydrogens is 390 g/mol. The van der Waals surface area contributed by atoms with Crippen molar-refractivity contribution in [1.82, 2.24) is 9.21 Å². The fourth-order valence-corrected chi connectivity index (χ4v) is 3.95. The Hall–Kier alpha value is -2.71. The van der Waals surface area contributed by atoms with Crippen molar-refractivity contribution in [3.05, 3.63) is 58.7 Å². The molecule has 0 fully saturated rings. The number of anilines is 1. The molecule has 0 bridgehead atoms. The lowest BCUT2D eigenvalue weighted by Crippen LogP contribution is -2.35. The monoisotopic (exact) mass is 417 g/mol. The number of sulfonamides is 1. The number of hydrogen-bond donors (Lipinski definition) is 1. The number of amides is 2. The Bertz CT molecular complexity index is 1010. The SMILES string of the molecule is Cc1cc(C)c(NC(=O)CN(C)C(=O)c2ccc(S(=O)(=O)N(C)C)cc2)c(C)c1. The van der Waals surface area contributed by atoms with Crippen LogP contribution in [0.4, 0.5) is 5.69 Å². The molecule has 8 heteroatoms. The van der Waals surface area contributed by atoms with Crippen LogP contribution in [-0.2, 0) is 14.8 Å². The van der Waals surface area contributed by atoms with Crippen molar-refractivity contribution in [2.45, 2.75) is 25.7 Å². The van der Waals surface area contributed by atoms with Gasteiger partial charge in [-0.3, -0.25) is 9.59 Å². The zero-order valence-corrected chi connectivity index (χ0v) is 18.4. The molecule has 0 saturated heterocycles. The van der Waals surface area contributed by atoms with E-state index in [9.17, 15) is 18.0 Å². The van der Waals surface area contributed by atoms with Crippen LogP contribution in [0.2, 0.25) is 0 Å². The van der Waals surface area contributed by atoms with E-state index in [1.54, 1.807) is 0 Å². The Morgan fingerprint density at radius 3 is 1.93 bits per heavy atom. The number of benzene rings is 2. The Morgan fingerprint density at radius 1 is 0.931 bits per heavy atom. The molecule has 0 aliphatic heterocycles. The van der Waals surface area contributed by atoms with Gasteiger partial charge in [-0.15, -0.1) is 0 Å². The average Bonchev–Trinajstić information content (AvgIpc) is 2.64. The van der Waals surface area contributed by atoms with Gasteiger partial charge in [-0.2, -0.15) is 0 Å². The molecule has 2 aromatic carbocycles. The van der Waals surface area contributed by atoms with Gasteiger partial charge >= 0.3 is 0 Å². The molecule has 29 heavy (non-hydrogen) atoms. The van der Waals surface area contributed by atoms with Gasteiger partial charge in [0.05, 0.1) is 11.4 Å². The maximum atomic E-state index is 12.6. The van der Waals surface area contributed by atoms with Crippen LogP contribution in [0.25, 0.3) is 0 Å². The second kappa shape index (κ2) is 8.75. The molecular formula is C21H27N3O4S. The van der Waals surface area contributed by atoms with Crippen molar-refractivity contribution in [2.75, 3.05) is 33.0 Å². The zero-order valence-electron chi connectivity index (χ0n) is 17.6. The lowest BCUT2D eigenvalue weighted by molar-refractivity contribution is -0.116. The number of carbonyl (C=O) groups is 2. The van der Waals surface area contributed by atoms with E-state index in [-0.39, 0.29) is 23.3 Å². The molecule has 2 amide bonds. The van der Waals surface area contributed by atoms with Gasteiger partial charge in [0, 0.05) is 32.4 Å². The number of rotatable bonds is 6. The second-order valence-corrected chi connectivity index (χ2v) is 9.45. The third-order valence-electron chi connectivity index (χ3n) is 4.55. The van der Waals surface area contributed by atoms with Crippen LogP contribution >= 0.6 is 0 Å². The van der Waals surface area contributed by atoms with Gasteiger partial charge in [0.15, 0.2) is 0 Å². The Morgan fingerprint density at radius 2 is 1.45 bits per heavy atom. The summed E-state index contributed by atoms with van der Waals surface area (Å²) in [6.45, 7) is 5.72. The van der Waals surface area contributed by atoms with Crippen LogP contribution in [0.1, 0.15) is 27.0 Å². The van der Waals surface area contributed by atoms with Crippen molar-refractivity contribution >= 4 is 27.5 Å². The molecule has 0 saturated carbocycles. The average molecular weight is 418 g/mol. The molecule has 0 radical (unpaired) electrons. The molecule has 0 unspecified atom stereocenters. The molecule has 1 N–H and O–H groups in total. The van der Waals surface area contributed by atoms with E-state index < -0.39 is 10.0 Å². The largest absolute Gasteiger partial charge is 0.332 e. The number of carbonyl (C=O) groups excluding carboxylic acids is 2. The summed E-state index contributed by atoms with van der Waals surface area (Å²) in [4.78, 5) is 26.4. The summed E-state index contributed by atoms with van der Waals surface area (Å²) in [7, 11) is 0.854. The maximum Gasteiger partial charge on any atom is 0.254 e. The second-order valence-electron chi connectivity index (χ2n) is 7.29. The van der Waals surface area contributed by atoms with Crippen LogP contribution in [0, 0.1) is 20.8 Å². The predicted octanol–water partition coefficient (Wildman–Crippen LogP) is 2.57. The highest BCUT2D eigenvalue weighted by molar-refractivity contribution is 7.89. The molecule has 2 rings (SSSR count). The van der Waals surface area contributed by atoms with Gasteiger partial charge in [-0.25, -0.2) is 12.7 Å². The van der Waals surface area contributed by atoms with Crippen molar-refractivity contribution in [3.8, 4) is 0 Å². The number of nitrogens with one attached hydrogen (secondary N) is 1. The van der Waals surface area contributed by atoms with Crippen LogP contribution in [0.5, 0.6) is 0 Å². The highest BCUT2D eigenvalue weighted by atomic mass is 32.2. The number of likely N-dealkylation sites (N-methyl/N-ethyl adjacent to an activating group) is 1. The smallest absolute Gasteiger partial charge is 0.254 e. The third kappa shape index (κ3) is 5.21. The Kier molecular flexibility index (Phi) is 6.81. The van der Waals surface area contributed by atoms with E-state index in [1.165, 1.54) is 50.3 Å². The minimum atomic E-state index is -3.56. The predicted molar refractivity (Wildman–Crippen MR) is 114 cm³/mol. The summed E-state index contributed by atoms with van der Waals surface area (Å²) < 4.78 is 25.3. The minimum Gasteiger partial charge on any atom is -0.332 e. The van der Waals surface area contributed by atoms with Gasteiger partial charge in [0.2, 0.25) is 15.9 Å². The third-order valence-corrected chi connectivity index (χ3v) is 6.38. The highest BCUT2D eigenvalue weighted by Gasteiger charge is 2.20. The van der Waals surface area contributed by atoms with Gasteiger partial charge in [0.25, 0.3) is 5.91 Å². The number of aryl methyl sites for hydroxylation is 3. The number of hydrogen-bond acceptors (Lipinski definition) is 4. The fourth-order valence-electron chi connectivity index (χ4n) is 3.04. The van der Waals surface area contributed by atoms with Gasteiger partial charge in [0.1, 0.15) is 0 Å². The van der Waals surface area contributed by atoms with Gasteiger partial charge in [-0.1, -0.05) is 17.7 Å². The van der Waals surface area contributed by atoms with Gasteiger partial charge < -0.3 is 10.2 Å². The maximum absolute atomic E-state index is 12.6. The quantitative estimate of drug-likeness (QED) is 0.783. The van der Waals surface area contributed by atoms with Crippen molar-refractivity contribution in [3.63, 3.8) is 0 Å². The lowest BCUT2D eigenvalue weighted by atomic mass is 10.1. The lowest BCUT2D eigenvalue weighted by Gasteiger charge is -2.19. The van der Waals surface area contributed by atoms with Crippen molar-refractivity contribution in [2.24, 2.45) is 0 Å². The molecule has 7 nitrogen and oxygen atoms in total. The van der Waals surface area contributed by atoms with Gasteiger partial charge in [-0.05, 0) is 56.2 Å². The summed E-state index contributed by atoms with van der Waals surface area (Å²) in [5, 5.41) is 2.87. The Labute approximate surface area is 172 Å². The minimum absolute atomic E-state index is 0.102. The number of nitrogens with zero attached hydrogens (tertiary/aromatic N) is 2. The summed E-state index contributed by atoms with van der Waals surface area (Å²) in [6.07, 6.45) is 0. The van der Waals surface area contributed by atoms with Crippen molar-refractivity contribution in [1.29, 1.82) is 0 Å². The molecule has 0 spiro atoms. The van der Waals surface area contributed by atoms with E-state index >= 15 is 0 Å². The summed E-state index contributed by atoms with van der Waals surface area (Å²) in [5.74, 6) is -0.672. The topological polar surface area (TPSA) is 86.8 Å². The highest BCUT2D eigenvalue weighted by Crippen LogP contribution is 2.22. The summed E-state index contributed by atoms with van der Waals surface area (Å²) >= 11 is 0. The molecule has 0 atom stereocenters. The van der Waals surface area contributed by atoms with E-state index in [1.807, 2.05) is 32.9 Å². The van der Waals surface area contributed by atoms with E-state index in [2.05, 4.69) is 5.32 Å². The van der Waals surface area contributed by atoms with Crippen LogP contribution < -0.4 is 5.32 Å². The van der Waals surface area contributed by atoms with Crippen molar-refractivity contribution < 1.29 is 18.0 Å². The first-order valence-electron chi connectivity index (χ1n) is 9.09. The summed E-state index contributed by atoms with van der Waals surface area (Å²) in [6, 6.07) is 9.63. The Balaban J connectivity index is 2.08. The first kappa shape index (κ1) is 22.6. The normalized spacial score (nSPS) is 11.4. The molecule has 0 heterocycles. The summed E-state index contributed by atoms with van der Waals surface area (Å²) in [5.41, 5.74) is 4.09. The van der Waals surface area contributed by atoms with E-state index in [0.717, 1.165) is 26.7 Å². The van der Waals surface area contributed by atoms with Crippen LogP contribution in [0.15, 0.2) is 41.3 Å². The standard InChI is InChI=1S/C21H27N3O4S/c1-14-11-15(2)20(16(3)12-14)22-19(25)13-24(6)21(26)17-7-9-18(10-8-17)29(27,28)23(4)5/h7-12H,13H2,1-6H3,(H,22,25). The molecule has 0 aliphatic rings. The van der Waals surface area contributed by atoms with E-state index in [0.29, 0.717) is 5.56 Å². The molecule has 0 aliphatic carbocycles. The van der Waals surface area contributed by atoms with Crippen LogP contribution in [0.3, 0.4) is 0 Å². The zero-order chi connectivity index (χ0) is 21.9. The van der Waals surface area contributed by atoms with Crippen LogP contribution in [-0.4, -0.2) is 57.1 Å². The molecule has 0 aromatic heterocycles.